The molecular weight excluding hydrogens is 725 g/mol. The third kappa shape index (κ3) is 4.70. The maximum Gasteiger partial charge on any atom is 0.0541 e. The van der Waals surface area contributed by atoms with Gasteiger partial charge in [0, 0.05) is 32.9 Å². The minimum atomic E-state index is 1.12. The summed E-state index contributed by atoms with van der Waals surface area (Å²) in [6.07, 6.45) is 0. The SMILES string of the molecule is c1ccc(-c2cc(-c3cc(-n4c5ccccc5c5ccccc54)cc(-n4c5ccccc5c5ccccc54)c3)c(-c3ccccc3)c3c2-c2cccc4cccc-3c24)cc1. The molecule has 13 rings (SSSR count). The Morgan fingerprint density at radius 1 is 0.250 bits per heavy atom. The van der Waals surface area contributed by atoms with Crippen LogP contribution >= 0.6 is 0 Å². The zero-order valence-electron chi connectivity index (χ0n) is 32.7. The number of benzene rings is 10. The number of nitrogens with zero attached hydrogens (tertiary/aromatic N) is 2. The first-order valence-corrected chi connectivity index (χ1v) is 20.8. The van der Waals surface area contributed by atoms with Crippen molar-refractivity contribution in [2.24, 2.45) is 0 Å². The van der Waals surface area contributed by atoms with Gasteiger partial charge in [0.1, 0.15) is 0 Å². The average molecular weight is 761 g/mol. The van der Waals surface area contributed by atoms with E-state index >= 15 is 0 Å². The van der Waals surface area contributed by atoms with Gasteiger partial charge in [-0.15, -0.1) is 0 Å². The van der Waals surface area contributed by atoms with Crippen LogP contribution in [-0.2, 0) is 0 Å². The Morgan fingerprint density at radius 3 is 1.17 bits per heavy atom. The molecule has 0 fully saturated rings. The number of rotatable bonds is 5. The summed E-state index contributed by atoms with van der Waals surface area (Å²) in [5.74, 6) is 0. The summed E-state index contributed by atoms with van der Waals surface area (Å²) in [5, 5.41) is 7.58. The van der Waals surface area contributed by atoms with Crippen LogP contribution in [0, 0.1) is 0 Å². The molecule has 0 unspecified atom stereocenters. The van der Waals surface area contributed by atoms with E-state index < -0.39 is 0 Å². The van der Waals surface area contributed by atoms with Crippen molar-refractivity contribution in [2.45, 2.75) is 0 Å². The van der Waals surface area contributed by atoms with Crippen molar-refractivity contribution in [1.29, 1.82) is 0 Å². The van der Waals surface area contributed by atoms with Crippen LogP contribution in [0.2, 0.25) is 0 Å². The molecule has 0 atom stereocenters. The smallest absolute Gasteiger partial charge is 0.0541 e. The zero-order valence-corrected chi connectivity index (χ0v) is 32.7. The number of hydrogen-bond donors (Lipinski definition) is 0. The van der Waals surface area contributed by atoms with Gasteiger partial charge in [-0.1, -0.05) is 170 Å². The van der Waals surface area contributed by atoms with Gasteiger partial charge in [-0.05, 0) is 115 Å². The molecule has 2 heterocycles. The van der Waals surface area contributed by atoms with E-state index in [2.05, 4.69) is 228 Å². The monoisotopic (exact) mass is 760 g/mol. The van der Waals surface area contributed by atoms with Crippen LogP contribution in [0.15, 0.2) is 218 Å². The fourth-order valence-electron chi connectivity index (χ4n) is 10.4. The van der Waals surface area contributed by atoms with Gasteiger partial charge >= 0.3 is 0 Å². The van der Waals surface area contributed by atoms with Crippen molar-refractivity contribution in [1.82, 2.24) is 9.13 Å². The van der Waals surface area contributed by atoms with Crippen LogP contribution in [-0.4, -0.2) is 9.13 Å². The number of hydrogen-bond acceptors (Lipinski definition) is 0. The molecule has 0 amide bonds. The zero-order chi connectivity index (χ0) is 39.3. The Bertz CT molecular complexity index is 3450. The predicted molar refractivity (Wildman–Crippen MR) is 253 cm³/mol. The molecule has 60 heavy (non-hydrogen) atoms. The summed E-state index contributed by atoms with van der Waals surface area (Å²) in [6.45, 7) is 0. The minimum absolute atomic E-state index is 1.12. The Morgan fingerprint density at radius 2 is 0.667 bits per heavy atom. The van der Waals surface area contributed by atoms with E-state index in [1.54, 1.807) is 0 Å². The summed E-state index contributed by atoms with van der Waals surface area (Å²) >= 11 is 0. The highest BCUT2D eigenvalue weighted by Gasteiger charge is 2.30. The highest BCUT2D eigenvalue weighted by atomic mass is 15.0. The first kappa shape index (κ1) is 33.1. The Balaban J connectivity index is 1.22. The van der Waals surface area contributed by atoms with Crippen molar-refractivity contribution in [3.05, 3.63) is 218 Å². The average Bonchev–Trinajstić information content (AvgIpc) is 3.96. The van der Waals surface area contributed by atoms with E-state index in [1.165, 1.54) is 104 Å². The van der Waals surface area contributed by atoms with Crippen LogP contribution in [0.4, 0.5) is 0 Å². The van der Waals surface area contributed by atoms with Crippen LogP contribution < -0.4 is 0 Å². The van der Waals surface area contributed by atoms with Crippen molar-refractivity contribution >= 4 is 54.4 Å². The maximum atomic E-state index is 2.49. The fraction of sp³-hybridized carbons (Fsp3) is 0. The summed E-state index contributed by atoms with van der Waals surface area (Å²) in [4.78, 5) is 0. The highest BCUT2D eigenvalue weighted by molar-refractivity contribution is 6.23. The molecule has 2 aromatic heterocycles. The summed E-state index contributed by atoms with van der Waals surface area (Å²) in [5.41, 5.74) is 19.4. The summed E-state index contributed by atoms with van der Waals surface area (Å²) in [6, 6.07) is 80.7. The van der Waals surface area contributed by atoms with Gasteiger partial charge in [-0.3, -0.25) is 0 Å². The number of para-hydroxylation sites is 4. The minimum Gasteiger partial charge on any atom is -0.309 e. The standard InChI is InChI=1S/C58H36N2/c1-3-17-37(18-4-1)49-36-50(56(39-19-5-2-6-20-39)58-48-28-16-22-38-21-15-27-47(55(38)48)57(49)58)40-33-41(59-51-29-11-7-23-43(51)44-24-8-12-30-52(44)59)35-42(34-40)60-53-31-13-9-25-45(53)46-26-10-14-32-54(46)60/h1-36H. The molecule has 278 valence electrons. The van der Waals surface area contributed by atoms with Crippen molar-refractivity contribution in [2.75, 3.05) is 0 Å². The van der Waals surface area contributed by atoms with E-state index in [-0.39, 0.29) is 0 Å². The lowest BCUT2D eigenvalue weighted by molar-refractivity contribution is 1.13. The molecule has 2 nitrogen and oxygen atoms in total. The van der Waals surface area contributed by atoms with Gasteiger partial charge in [-0.2, -0.15) is 0 Å². The van der Waals surface area contributed by atoms with Crippen molar-refractivity contribution in [3.63, 3.8) is 0 Å². The molecule has 0 saturated heterocycles. The topological polar surface area (TPSA) is 9.86 Å². The second kappa shape index (κ2) is 12.8. The molecular formula is C58H36N2. The normalized spacial score (nSPS) is 12.0. The van der Waals surface area contributed by atoms with E-state index in [0.29, 0.717) is 0 Å². The van der Waals surface area contributed by atoms with Gasteiger partial charge in [0.25, 0.3) is 0 Å². The van der Waals surface area contributed by atoms with Gasteiger partial charge in [0.2, 0.25) is 0 Å². The van der Waals surface area contributed by atoms with Crippen molar-refractivity contribution < 1.29 is 0 Å². The number of aromatic nitrogens is 2. The van der Waals surface area contributed by atoms with Gasteiger partial charge in [0.05, 0.1) is 22.1 Å². The molecule has 12 aromatic rings. The second-order valence-electron chi connectivity index (χ2n) is 16.0. The van der Waals surface area contributed by atoms with Gasteiger partial charge in [0.15, 0.2) is 0 Å². The van der Waals surface area contributed by atoms with Gasteiger partial charge < -0.3 is 9.13 Å². The lowest BCUT2D eigenvalue weighted by Gasteiger charge is -2.22. The lowest BCUT2D eigenvalue weighted by atomic mass is 9.82. The summed E-state index contributed by atoms with van der Waals surface area (Å²) < 4.78 is 4.94. The Hall–Kier alpha value is -7.94. The third-order valence-corrected chi connectivity index (χ3v) is 12.8. The van der Waals surface area contributed by atoms with Gasteiger partial charge in [-0.25, -0.2) is 0 Å². The molecule has 0 radical (unpaired) electrons. The molecule has 0 saturated carbocycles. The Labute approximate surface area is 347 Å². The molecule has 1 aliphatic rings. The van der Waals surface area contributed by atoms with Crippen molar-refractivity contribution in [3.8, 4) is 67.0 Å². The Kier molecular flexibility index (Phi) is 7.05. The lowest BCUT2D eigenvalue weighted by Crippen LogP contribution is -2.01. The quantitative estimate of drug-likeness (QED) is 0.165. The van der Waals surface area contributed by atoms with Crippen LogP contribution in [0.1, 0.15) is 0 Å². The maximum absolute atomic E-state index is 2.49. The summed E-state index contributed by atoms with van der Waals surface area (Å²) in [7, 11) is 0. The molecule has 0 spiro atoms. The van der Waals surface area contributed by atoms with Crippen LogP contribution in [0.3, 0.4) is 0 Å². The predicted octanol–water partition coefficient (Wildman–Crippen LogP) is 15.7. The molecule has 1 aliphatic carbocycles. The molecule has 0 aliphatic heterocycles. The molecule has 2 heteroatoms. The highest BCUT2D eigenvalue weighted by Crippen LogP contribution is 2.57. The van der Waals surface area contributed by atoms with Crippen LogP contribution in [0.5, 0.6) is 0 Å². The molecule has 0 bridgehead atoms. The number of fused-ring (bicyclic) bond motifs is 9. The van der Waals surface area contributed by atoms with E-state index in [4.69, 9.17) is 0 Å². The van der Waals surface area contributed by atoms with E-state index in [0.717, 1.165) is 16.9 Å². The first-order valence-electron chi connectivity index (χ1n) is 20.8. The van der Waals surface area contributed by atoms with E-state index in [9.17, 15) is 0 Å². The van der Waals surface area contributed by atoms with Crippen LogP contribution in [0.25, 0.3) is 121 Å². The first-order chi connectivity index (χ1) is 29.8. The van der Waals surface area contributed by atoms with E-state index in [1.807, 2.05) is 0 Å². The molecule has 0 N–H and O–H groups in total. The molecule has 10 aromatic carbocycles. The largest absolute Gasteiger partial charge is 0.309 e. The third-order valence-electron chi connectivity index (χ3n) is 12.8. The fourth-order valence-corrected chi connectivity index (χ4v) is 10.4. The second-order valence-corrected chi connectivity index (χ2v) is 16.0.